The van der Waals surface area contributed by atoms with E-state index in [0.717, 1.165) is 49.9 Å². The number of benzene rings is 1. The first-order chi connectivity index (χ1) is 13.4. The zero-order valence-electron chi connectivity index (χ0n) is 15.7. The lowest BCUT2D eigenvalue weighted by Crippen LogP contribution is -2.39. The number of likely N-dealkylation sites (tertiary alicyclic amines) is 1. The molecule has 1 atom stereocenters. The molecule has 0 bridgehead atoms. The topological polar surface area (TPSA) is 38.1 Å². The molecule has 1 aromatic carbocycles. The average molecular weight is 389 g/mol. The molecular formula is C21H22F3N3O. The number of aryl methyl sites for hydroxylation is 1. The Balaban J connectivity index is 1.73. The summed E-state index contributed by atoms with van der Waals surface area (Å²) in [5.74, 6) is 0.221. The van der Waals surface area contributed by atoms with Gasteiger partial charge >= 0.3 is 6.18 Å². The van der Waals surface area contributed by atoms with Gasteiger partial charge in [0.1, 0.15) is 0 Å². The second-order valence-corrected chi connectivity index (χ2v) is 7.46. The van der Waals surface area contributed by atoms with Crippen LogP contribution in [0.25, 0.3) is 11.3 Å². The number of allylic oxidation sites excluding steroid dienone is 2. The Morgan fingerprint density at radius 2 is 2.00 bits per heavy atom. The standard InChI is InChI=1S/C21H22F3N3O/c1-26-19(15-7-4-9-16(12-15)21(22,23)24)17(13-25-26)20(28)27-11-5-8-14-6-2-3-10-18(14)27/h4,7,9-10,12-14H,2-3,5-6,8,11H2,1H3. The summed E-state index contributed by atoms with van der Waals surface area (Å²) >= 11 is 0. The number of halogens is 3. The van der Waals surface area contributed by atoms with Crippen LogP contribution in [0.15, 0.2) is 42.2 Å². The number of alkyl halides is 3. The molecule has 0 N–H and O–H groups in total. The van der Waals surface area contributed by atoms with Gasteiger partial charge in [-0.05, 0) is 50.2 Å². The number of aromatic nitrogens is 2. The van der Waals surface area contributed by atoms with Crippen molar-refractivity contribution in [3.63, 3.8) is 0 Å². The molecule has 1 saturated heterocycles. The average Bonchev–Trinajstić information content (AvgIpc) is 3.08. The van der Waals surface area contributed by atoms with E-state index in [1.165, 1.54) is 16.9 Å². The van der Waals surface area contributed by atoms with Gasteiger partial charge in [0.15, 0.2) is 0 Å². The number of carbonyl (C=O) groups excluding carboxylic acids is 1. The van der Waals surface area contributed by atoms with E-state index >= 15 is 0 Å². The summed E-state index contributed by atoms with van der Waals surface area (Å²) in [4.78, 5) is 15.2. The Morgan fingerprint density at radius 3 is 2.79 bits per heavy atom. The molecule has 1 aliphatic carbocycles. The van der Waals surface area contributed by atoms with Gasteiger partial charge < -0.3 is 4.90 Å². The second kappa shape index (κ2) is 7.11. The van der Waals surface area contributed by atoms with Crippen molar-refractivity contribution >= 4 is 5.91 Å². The first kappa shape index (κ1) is 18.8. The van der Waals surface area contributed by atoms with Crippen LogP contribution in [0.1, 0.15) is 48.0 Å². The number of hydrogen-bond acceptors (Lipinski definition) is 2. The van der Waals surface area contributed by atoms with Crippen LogP contribution in [0.2, 0.25) is 0 Å². The van der Waals surface area contributed by atoms with Gasteiger partial charge in [-0.2, -0.15) is 18.3 Å². The fourth-order valence-electron chi connectivity index (χ4n) is 4.32. The van der Waals surface area contributed by atoms with E-state index in [1.54, 1.807) is 18.0 Å². The van der Waals surface area contributed by atoms with Crippen molar-refractivity contribution in [1.82, 2.24) is 14.7 Å². The van der Waals surface area contributed by atoms with E-state index in [1.807, 2.05) is 0 Å². The van der Waals surface area contributed by atoms with Crippen LogP contribution in [0.5, 0.6) is 0 Å². The summed E-state index contributed by atoms with van der Waals surface area (Å²) in [5.41, 5.74) is 1.42. The molecule has 28 heavy (non-hydrogen) atoms. The minimum absolute atomic E-state index is 0.182. The van der Waals surface area contributed by atoms with Gasteiger partial charge in [0, 0.05) is 24.9 Å². The predicted octanol–water partition coefficient (Wildman–Crippen LogP) is 5.03. The third-order valence-electron chi connectivity index (χ3n) is 5.65. The highest BCUT2D eigenvalue weighted by atomic mass is 19.4. The fraction of sp³-hybridized carbons (Fsp3) is 0.429. The van der Waals surface area contributed by atoms with Crippen LogP contribution in [-0.4, -0.2) is 27.1 Å². The summed E-state index contributed by atoms with van der Waals surface area (Å²) in [7, 11) is 1.64. The maximum Gasteiger partial charge on any atom is 0.416 e. The lowest BCUT2D eigenvalue weighted by Gasteiger charge is -2.38. The normalized spacial score (nSPS) is 19.9. The smallest absolute Gasteiger partial charge is 0.312 e. The Bertz CT molecular complexity index is 929. The van der Waals surface area contributed by atoms with Gasteiger partial charge in [0.25, 0.3) is 5.91 Å². The molecule has 2 aliphatic rings. The van der Waals surface area contributed by atoms with E-state index in [0.29, 0.717) is 29.3 Å². The molecule has 0 spiro atoms. The maximum atomic E-state index is 13.4. The van der Waals surface area contributed by atoms with Crippen LogP contribution in [0.4, 0.5) is 13.2 Å². The SMILES string of the molecule is Cn1ncc(C(=O)N2CCCC3CCCC=C32)c1-c1cccc(C(F)(F)F)c1. The van der Waals surface area contributed by atoms with Crippen molar-refractivity contribution in [1.29, 1.82) is 0 Å². The van der Waals surface area contributed by atoms with Gasteiger partial charge in [-0.1, -0.05) is 18.2 Å². The third kappa shape index (κ3) is 3.34. The van der Waals surface area contributed by atoms with Gasteiger partial charge in [0.05, 0.1) is 23.0 Å². The van der Waals surface area contributed by atoms with Crippen molar-refractivity contribution in [2.75, 3.05) is 6.54 Å². The van der Waals surface area contributed by atoms with Crippen LogP contribution in [-0.2, 0) is 13.2 Å². The number of amides is 1. The highest BCUT2D eigenvalue weighted by Crippen LogP contribution is 2.37. The molecule has 1 amide bonds. The molecule has 4 nitrogen and oxygen atoms in total. The number of fused-ring (bicyclic) bond motifs is 1. The minimum Gasteiger partial charge on any atom is -0.312 e. The summed E-state index contributed by atoms with van der Waals surface area (Å²) in [6.45, 7) is 0.637. The first-order valence-corrected chi connectivity index (χ1v) is 9.58. The Kier molecular flexibility index (Phi) is 4.77. The Labute approximate surface area is 161 Å². The quantitative estimate of drug-likeness (QED) is 0.723. The van der Waals surface area contributed by atoms with Crippen molar-refractivity contribution in [3.8, 4) is 11.3 Å². The van der Waals surface area contributed by atoms with Gasteiger partial charge in [-0.15, -0.1) is 0 Å². The van der Waals surface area contributed by atoms with E-state index < -0.39 is 11.7 Å². The molecule has 4 rings (SSSR count). The zero-order valence-corrected chi connectivity index (χ0v) is 15.7. The first-order valence-electron chi connectivity index (χ1n) is 9.58. The molecule has 1 unspecified atom stereocenters. The van der Waals surface area contributed by atoms with Crippen molar-refractivity contribution in [2.45, 2.75) is 38.3 Å². The van der Waals surface area contributed by atoms with E-state index in [4.69, 9.17) is 0 Å². The molecular weight excluding hydrogens is 367 g/mol. The van der Waals surface area contributed by atoms with Crippen LogP contribution < -0.4 is 0 Å². The third-order valence-corrected chi connectivity index (χ3v) is 5.65. The molecule has 1 aliphatic heterocycles. The molecule has 1 aromatic heterocycles. The predicted molar refractivity (Wildman–Crippen MR) is 99.3 cm³/mol. The summed E-state index contributed by atoms with van der Waals surface area (Å²) < 4.78 is 40.9. The van der Waals surface area contributed by atoms with E-state index in [-0.39, 0.29) is 5.91 Å². The van der Waals surface area contributed by atoms with Crippen LogP contribution >= 0.6 is 0 Å². The van der Waals surface area contributed by atoms with Gasteiger partial charge in [-0.3, -0.25) is 9.48 Å². The maximum absolute atomic E-state index is 13.4. The van der Waals surface area contributed by atoms with Crippen molar-refractivity contribution in [2.24, 2.45) is 13.0 Å². The highest BCUT2D eigenvalue weighted by Gasteiger charge is 2.34. The zero-order chi connectivity index (χ0) is 19.9. The summed E-state index contributed by atoms with van der Waals surface area (Å²) in [5, 5.41) is 4.17. The highest BCUT2D eigenvalue weighted by molar-refractivity contribution is 6.01. The number of rotatable bonds is 2. The minimum atomic E-state index is -4.44. The van der Waals surface area contributed by atoms with E-state index in [9.17, 15) is 18.0 Å². The molecule has 2 aromatic rings. The summed E-state index contributed by atoms with van der Waals surface area (Å²) in [6, 6.07) is 5.05. The van der Waals surface area contributed by atoms with Crippen molar-refractivity contribution in [3.05, 3.63) is 53.4 Å². The van der Waals surface area contributed by atoms with Crippen LogP contribution in [0, 0.1) is 5.92 Å². The number of nitrogens with zero attached hydrogens (tertiary/aromatic N) is 3. The summed E-state index contributed by atoms with van der Waals surface area (Å²) in [6.07, 6.45) is 4.38. The molecule has 148 valence electrons. The van der Waals surface area contributed by atoms with Crippen molar-refractivity contribution < 1.29 is 18.0 Å². The van der Waals surface area contributed by atoms with Gasteiger partial charge in [-0.25, -0.2) is 0 Å². The monoisotopic (exact) mass is 389 g/mol. The molecule has 7 heteroatoms. The molecule has 0 radical (unpaired) electrons. The molecule has 1 fully saturated rings. The molecule has 2 heterocycles. The number of piperidine rings is 1. The largest absolute Gasteiger partial charge is 0.416 e. The second-order valence-electron chi connectivity index (χ2n) is 7.46. The van der Waals surface area contributed by atoms with Crippen LogP contribution in [0.3, 0.4) is 0 Å². The lowest BCUT2D eigenvalue weighted by atomic mass is 9.84. The van der Waals surface area contributed by atoms with Gasteiger partial charge in [0.2, 0.25) is 0 Å². The Morgan fingerprint density at radius 1 is 1.21 bits per heavy atom. The number of hydrogen-bond donors (Lipinski definition) is 0. The fourth-order valence-corrected chi connectivity index (χ4v) is 4.32. The molecule has 0 saturated carbocycles. The lowest BCUT2D eigenvalue weighted by molar-refractivity contribution is -0.137. The number of carbonyl (C=O) groups is 1. The van der Waals surface area contributed by atoms with E-state index in [2.05, 4.69) is 11.2 Å². The Hall–Kier alpha value is -2.57.